The van der Waals surface area contributed by atoms with Crippen molar-refractivity contribution < 1.29 is 0 Å². The molecule has 0 fully saturated rings. The monoisotopic (exact) mass is 968 g/mol. The molecule has 0 spiro atoms. The van der Waals surface area contributed by atoms with Crippen LogP contribution in [-0.4, -0.2) is 0 Å². The summed E-state index contributed by atoms with van der Waals surface area (Å²) in [6, 6.07) is 88.3. The minimum Gasteiger partial charge on any atom is -0.309 e. The Morgan fingerprint density at radius 2 is 0.773 bits per heavy atom. The standard InChI is InChI=1S/C74H65N/c1-70(2,3)48-37-41-51(42-38-48)74(52-43-39-49(40-44-52)71(4,5)6)63-33-19-15-28-60(63)68-64(74)34-22-36-67(68)75(53-45-46-56-54-25-14-18-32-62(54)73(9,65(56)47-53)50-23-11-10-12-24-50)66-35-20-16-27-57(66)59-30-21-29-58-55-26-13-17-31-61(55)72(7,8)69(58)59/h10-47H,1-9H3. The van der Waals surface area contributed by atoms with Crippen molar-refractivity contribution in [1.82, 2.24) is 0 Å². The van der Waals surface area contributed by atoms with Crippen molar-refractivity contribution in [2.24, 2.45) is 0 Å². The highest BCUT2D eigenvalue weighted by Crippen LogP contribution is 2.62. The van der Waals surface area contributed by atoms with E-state index >= 15 is 0 Å². The summed E-state index contributed by atoms with van der Waals surface area (Å²) in [5.41, 5.74) is 26.9. The lowest BCUT2D eigenvalue weighted by Crippen LogP contribution is -2.29. The van der Waals surface area contributed by atoms with E-state index in [1.807, 2.05) is 0 Å². The van der Waals surface area contributed by atoms with Crippen LogP contribution in [0.5, 0.6) is 0 Å². The van der Waals surface area contributed by atoms with Crippen LogP contribution in [0.1, 0.15) is 124 Å². The second kappa shape index (κ2) is 16.8. The van der Waals surface area contributed by atoms with Crippen molar-refractivity contribution in [3.63, 3.8) is 0 Å². The zero-order valence-electron chi connectivity index (χ0n) is 44.9. The number of para-hydroxylation sites is 1. The molecular formula is C74H65N. The van der Waals surface area contributed by atoms with E-state index in [4.69, 9.17) is 0 Å². The summed E-state index contributed by atoms with van der Waals surface area (Å²) in [5, 5.41) is 0. The number of rotatable bonds is 7. The van der Waals surface area contributed by atoms with Crippen LogP contribution in [0.3, 0.4) is 0 Å². The number of fused-ring (bicyclic) bond motifs is 9. The molecule has 3 aliphatic rings. The molecule has 0 saturated heterocycles. The first-order chi connectivity index (χ1) is 36.1. The molecule has 0 saturated carbocycles. The molecule has 10 aromatic rings. The van der Waals surface area contributed by atoms with Gasteiger partial charge in [-0.05, 0) is 137 Å². The van der Waals surface area contributed by atoms with Gasteiger partial charge in [0.25, 0.3) is 0 Å². The second-order valence-corrected chi connectivity index (χ2v) is 24.2. The molecule has 1 atom stereocenters. The summed E-state index contributed by atoms with van der Waals surface area (Å²) in [6.07, 6.45) is 0. The summed E-state index contributed by atoms with van der Waals surface area (Å²) in [4.78, 5) is 2.62. The van der Waals surface area contributed by atoms with Crippen LogP contribution in [0, 0.1) is 0 Å². The molecule has 0 radical (unpaired) electrons. The maximum Gasteiger partial charge on any atom is 0.0714 e. The van der Waals surface area contributed by atoms with Crippen molar-refractivity contribution >= 4 is 17.1 Å². The highest BCUT2D eigenvalue weighted by Gasteiger charge is 2.48. The van der Waals surface area contributed by atoms with Gasteiger partial charge in [0, 0.05) is 27.6 Å². The molecule has 0 heterocycles. The van der Waals surface area contributed by atoms with Gasteiger partial charge in [0.05, 0.1) is 16.8 Å². The summed E-state index contributed by atoms with van der Waals surface area (Å²) < 4.78 is 0. The molecule has 75 heavy (non-hydrogen) atoms. The van der Waals surface area contributed by atoms with Crippen molar-refractivity contribution in [3.05, 3.63) is 292 Å². The van der Waals surface area contributed by atoms with Crippen molar-refractivity contribution in [2.45, 2.75) is 89.4 Å². The molecule has 0 aromatic heterocycles. The van der Waals surface area contributed by atoms with Crippen molar-refractivity contribution in [3.8, 4) is 44.5 Å². The quantitative estimate of drug-likeness (QED) is 0.154. The normalized spacial score (nSPS) is 16.3. The molecule has 0 aliphatic heterocycles. The molecule has 1 heteroatoms. The maximum atomic E-state index is 2.62. The lowest BCUT2D eigenvalue weighted by atomic mass is 9.67. The Morgan fingerprint density at radius 1 is 0.320 bits per heavy atom. The lowest BCUT2D eigenvalue weighted by Gasteiger charge is -2.36. The molecule has 0 amide bonds. The van der Waals surface area contributed by atoms with E-state index < -0.39 is 5.41 Å². The van der Waals surface area contributed by atoms with Crippen LogP contribution in [0.15, 0.2) is 231 Å². The van der Waals surface area contributed by atoms with E-state index in [1.165, 1.54) is 106 Å². The third kappa shape index (κ3) is 6.83. The molecule has 0 N–H and O–H groups in total. The Labute approximate surface area is 445 Å². The SMILES string of the molecule is CC(C)(C)c1ccc(C2(c3ccc(C(C)(C)C)cc3)c3ccccc3-c3c(N(c4ccc5c(c4)C(C)(c4ccccc4)c4ccccc4-5)c4ccccc4-c4cccc5c4C(C)(C)c4ccccc4-5)cccc32)cc1. The second-order valence-electron chi connectivity index (χ2n) is 24.2. The average molecular weight is 968 g/mol. The van der Waals surface area contributed by atoms with Gasteiger partial charge in [-0.25, -0.2) is 0 Å². The Bertz CT molecular complexity index is 3820. The van der Waals surface area contributed by atoms with Gasteiger partial charge >= 0.3 is 0 Å². The van der Waals surface area contributed by atoms with E-state index in [9.17, 15) is 0 Å². The largest absolute Gasteiger partial charge is 0.309 e. The fraction of sp³-hybridized carbons (Fsp3) is 0.189. The van der Waals surface area contributed by atoms with Crippen molar-refractivity contribution in [1.29, 1.82) is 0 Å². The molecule has 3 aliphatic carbocycles. The van der Waals surface area contributed by atoms with Gasteiger partial charge < -0.3 is 4.90 Å². The fourth-order valence-electron chi connectivity index (χ4n) is 13.8. The van der Waals surface area contributed by atoms with Gasteiger partial charge in [-0.3, -0.25) is 0 Å². The molecule has 1 unspecified atom stereocenters. The van der Waals surface area contributed by atoms with Crippen LogP contribution in [0.4, 0.5) is 17.1 Å². The van der Waals surface area contributed by atoms with Gasteiger partial charge in [0.2, 0.25) is 0 Å². The lowest BCUT2D eigenvalue weighted by molar-refractivity contribution is 0.588. The minimum absolute atomic E-state index is 0.0112. The zero-order chi connectivity index (χ0) is 51.6. The molecule has 10 aromatic carbocycles. The van der Waals surface area contributed by atoms with Gasteiger partial charge in [0.15, 0.2) is 0 Å². The Balaban J connectivity index is 1.12. The number of benzene rings is 10. The van der Waals surface area contributed by atoms with E-state index in [-0.39, 0.29) is 21.7 Å². The molecule has 366 valence electrons. The van der Waals surface area contributed by atoms with Gasteiger partial charge in [-0.1, -0.05) is 262 Å². The first kappa shape index (κ1) is 46.8. The molecule has 1 nitrogen and oxygen atoms in total. The number of nitrogens with zero attached hydrogens (tertiary/aromatic N) is 1. The Morgan fingerprint density at radius 3 is 1.40 bits per heavy atom. The average Bonchev–Trinajstić information content (AvgIpc) is 3.97. The predicted octanol–water partition coefficient (Wildman–Crippen LogP) is 19.4. The van der Waals surface area contributed by atoms with Crippen LogP contribution in [-0.2, 0) is 27.1 Å². The van der Waals surface area contributed by atoms with Gasteiger partial charge in [0.1, 0.15) is 0 Å². The summed E-state index contributed by atoms with van der Waals surface area (Å²) in [7, 11) is 0. The van der Waals surface area contributed by atoms with Crippen molar-refractivity contribution in [2.75, 3.05) is 4.90 Å². The molecule has 13 rings (SSSR count). The van der Waals surface area contributed by atoms with Gasteiger partial charge in [-0.15, -0.1) is 0 Å². The topological polar surface area (TPSA) is 3.24 Å². The smallest absolute Gasteiger partial charge is 0.0714 e. The Kier molecular flexibility index (Phi) is 10.4. The predicted molar refractivity (Wildman–Crippen MR) is 316 cm³/mol. The summed E-state index contributed by atoms with van der Waals surface area (Å²) >= 11 is 0. The number of anilines is 3. The zero-order valence-corrected chi connectivity index (χ0v) is 44.9. The third-order valence-electron chi connectivity index (χ3n) is 17.6. The van der Waals surface area contributed by atoms with Crippen LogP contribution < -0.4 is 4.90 Å². The van der Waals surface area contributed by atoms with Gasteiger partial charge in [-0.2, -0.15) is 0 Å². The van der Waals surface area contributed by atoms with E-state index in [2.05, 4.69) is 298 Å². The fourth-order valence-corrected chi connectivity index (χ4v) is 13.8. The number of hydrogen-bond acceptors (Lipinski definition) is 1. The minimum atomic E-state index is -0.610. The number of hydrogen-bond donors (Lipinski definition) is 0. The Hall–Kier alpha value is -8.00. The van der Waals surface area contributed by atoms with E-state index in [0.717, 1.165) is 17.1 Å². The summed E-state index contributed by atoms with van der Waals surface area (Å²) in [5.74, 6) is 0. The van der Waals surface area contributed by atoms with Crippen LogP contribution in [0.25, 0.3) is 44.5 Å². The van der Waals surface area contributed by atoms with Crippen LogP contribution >= 0.6 is 0 Å². The third-order valence-corrected chi connectivity index (χ3v) is 17.6. The highest BCUT2D eigenvalue weighted by molar-refractivity contribution is 6.01. The molecular weight excluding hydrogens is 903 g/mol. The van der Waals surface area contributed by atoms with Crippen LogP contribution in [0.2, 0.25) is 0 Å². The van der Waals surface area contributed by atoms with E-state index in [1.54, 1.807) is 0 Å². The van der Waals surface area contributed by atoms with E-state index in [0.29, 0.717) is 0 Å². The first-order valence-corrected chi connectivity index (χ1v) is 27.0. The highest BCUT2D eigenvalue weighted by atomic mass is 15.1. The molecule has 0 bridgehead atoms. The first-order valence-electron chi connectivity index (χ1n) is 27.0. The maximum absolute atomic E-state index is 2.62. The summed E-state index contributed by atoms with van der Waals surface area (Å²) in [6.45, 7) is 21.1.